The summed E-state index contributed by atoms with van der Waals surface area (Å²) in [5.74, 6) is 0.714. The Bertz CT molecular complexity index is 122. The van der Waals surface area contributed by atoms with Crippen LogP contribution in [0.25, 0.3) is 0 Å². The molecule has 2 atom stereocenters. The molecule has 0 aromatic rings. The van der Waals surface area contributed by atoms with Gasteiger partial charge in [0.15, 0.2) is 0 Å². The van der Waals surface area contributed by atoms with E-state index in [-0.39, 0.29) is 0 Å². The second-order valence-corrected chi connectivity index (χ2v) is 4.01. The molecule has 0 bridgehead atoms. The molecule has 0 aromatic carbocycles. The molecule has 1 nitrogen and oxygen atoms in total. The first kappa shape index (κ1) is 7.26. The SMILES string of the molecule is CC(=O)C1CCC(Br)C1. The van der Waals surface area contributed by atoms with Gasteiger partial charge in [-0.2, -0.15) is 0 Å². The van der Waals surface area contributed by atoms with Gasteiger partial charge >= 0.3 is 0 Å². The zero-order valence-electron chi connectivity index (χ0n) is 5.56. The largest absolute Gasteiger partial charge is 0.300 e. The quantitative estimate of drug-likeness (QED) is 0.580. The molecule has 0 heterocycles. The number of hydrogen-bond donors (Lipinski definition) is 0. The number of rotatable bonds is 1. The highest BCUT2D eigenvalue weighted by atomic mass is 79.9. The zero-order valence-corrected chi connectivity index (χ0v) is 7.15. The van der Waals surface area contributed by atoms with Crippen molar-refractivity contribution in [2.45, 2.75) is 31.0 Å². The van der Waals surface area contributed by atoms with E-state index in [0.29, 0.717) is 16.5 Å². The van der Waals surface area contributed by atoms with Gasteiger partial charge in [0.2, 0.25) is 0 Å². The van der Waals surface area contributed by atoms with Gasteiger partial charge in [-0.3, -0.25) is 4.79 Å². The predicted molar refractivity (Wildman–Crippen MR) is 40.7 cm³/mol. The second kappa shape index (κ2) is 2.82. The van der Waals surface area contributed by atoms with Gasteiger partial charge in [0.05, 0.1) is 0 Å². The van der Waals surface area contributed by atoms with Crippen molar-refractivity contribution in [1.82, 2.24) is 0 Å². The molecule has 0 amide bonds. The third-order valence-electron chi connectivity index (χ3n) is 1.94. The van der Waals surface area contributed by atoms with Crippen molar-refractivity contribution >= 4 is 21.7 Å². The maximum Gasteiger partial charge on any atom is 0.132 e. The summed E-state index contributed by atoms with van der Waals surface area (Å²) in [5.41, 5.74) is 0. The summed E-state index contributed by atoms with van der Waals surface area (Å²) in [6, 6.07) is 0. The molecular formula is C7H11BrO. The minimum Gasteiger partial charge on any atom is -0.300 e. The van der Waals surface area contributed by atoms with Crippen molar-refractivity contribution < 1.29 is 4.79 Å². The summed E-state index contributed by atoms with van der Waals surface area (Å²) >= 11 is 3.49. The molecule has 2 heteroatoms. The minimum atomic E-state index is 0.356. The highest BCUT2D eigenvalue weighted by molar-refractivity contribution is 9.09. The summed E-state index contributed by atoms with van der Waals surface area (Å²) in [6.45, 7) is 1.69. The van der Waals surface area contributed by atoms with Gasteiger partial charge in [-0.05, 0) is 26.2 Å². The summed E-state index contributed by atoms with van der Waals surface area (Å²) in [4.78, 5) is 11.4. The molecule has 1 rings (SSSR count). The molecule has 0 aromatic heterocycles. The Hall–Kier alpha value is 0.150. The van der Waals surface area contributed by atoms with Gasteiger partial charge in [0.25, 0.3) is 0 Å². The molecule has 0 radical (unpaired) electrons. The lowest BCUT2D eigenvalue weighted by Gasteiger charge is -2.00. The smallest absolute Gasteiger partial charge is 0.132 e. The van der Waals surface area contributed by atoms with Crippen LogP contribution in [0.15, 0.2) is 0 Å². The van der Waals surface area contributed by atoms with Crippen molar-refractivity contribution in [3.8, 4) is 0 Å². The molecule has 0 aliphatic heterocycles. The molecular weight excluding hydrogens is 180 g/mol. The first-order valence-electron chi connectivity index (χ1n) is 3.34. The van der Waals surface area contributed by atoms with Crippen molar-refractivity contribution in [3.63, 3.8) is 0 Å². The van der Waals surface area contributed by atoms with E-state index in [1.807, 2.05) is 0 Å². The molecule has 1 fully saturated rings. The molecule has 2 unspecified atom stereocenters. The highest BCUT2D eigenvalue weighted by Crippen LogP contribution is 2.30. The average molecular weight is 191 g/mol. The maximum atomic E-state index is 10.8. The van der Waals surface area contributed by atoms with Crippen LogP contribution in [-0.2, 0) is 4.79 Å². The number of Topliss-reactive ketones (excluding diaryl/α,β-unsaturated/α-hetero) is 1. The Labute approximate surface area is 64.0 Å². The lowest BCUT2D eigenvalue weighted by atomic mass is 10.0. The van der Waals surface area contributed by atoms with Crippen LogP contribution in [0.2, 0.25) is 0 Å². The molecule has 1 aliphatic rings. The van der Waals surface area contributed by atoms with Crippen LogP contribution in [0.1, 0.15) is 26.2 Å². The highest BCUT2D eigenvalue weighted by Gasteiger charge is 2.25. The van der Waals surface area contributed by atoms with Crippen LogP contribution in [0.5, 0.6) is 0 Å². The van der Waals surface area contributed by atoms with Crippen LogP contribution in [0.3, 0.4) is 0 Å². The van der Waals surface area contributed by atoms with Gasteiger partial charge in [-0.1, -0.05) is 15.9 Å². The van der Waals surface area contributed by atoms with E-state index in [4.69, 9.17) is 0 Å². The van der Waals surface area contributed by atoms with Crippen LogP contribution in [0.4, 0.5) is 0 Å². The van der Waals surface area contributed by atoms with Gasteiger partial charge in [-0.25, -0.2) is 0 Å². The molecule has 1 aliphatic carbocycles. The van der Waals surface area contributed by atoms with Crippen LogP contribution in [-0.4, -0.2) is 10.6 Å². The fourth-order valence-corrected chi connectivity index (χ4v) is 2.01. The van der Waals surface area contributed by atoms with Crippen molar-refractivity contribution in [2.75, 3.05) is 0 Å². The normalized spacial score (nSPS) is 34.9. The van der Waals surface area contributed by atoms with E-state index < -0.39 is 0 Å². The Morgan fingerprint density at radius 1 is 1.56 bits per heavy atom. The summed E-state index contributed by atoms with van der Waals surface area (Å²) in [5, 5.41) is 0. The molecule has 1 saturated carbocycles. The predicted octanol–water partition coefficient (Wildman–Crippen LogP) is 2.14. The third-order valence-corrected chi connectivity index (χ3v) is 2.78. The summed E-state index contributed by atoms with van der Waals surface area (Å²) in [7, 11) is 0. The van der Waals surface area contributed by atoms with E-state index in [1.54, 1.807) is 6.92 Å². The molecule has 0 N–H and O–H groups in total. The minimum absolute atomic E-state index is 0.356. The van der Waals surface area contributed by atoms with E-state index in [1.165, 1.54) is 6.42 Å². The number of ketones is 1. The van der Waals surface area contributed by atoms with E-state index >= 15 is 0 Å². The van der Waals surface area contributed by atoms with Gasteiger partial charge < -0.3 is 0 Å². The lowest BCUT2D eigenvalue weighted by Crippen LogP contribution is -2.05. The summed E-state index contributed by atoms with van der Waals surface area (Å²) < 4.78 is 0. The van der Waals surface area contributed by atoms with Crippen molar-refractivity contribution in [1.29, 1.82) is 0 Å². The van der Waals surface area contributed by atoms with E-state index in [9.17, 15) is 4.79 Å². The van der Waals surface area contributed by atoms with Crippen LogP contribution < -0.4 is 0 Å². The fraction of sp³-hybridized carbons (Fsp3) is 0.857. The number of carbonyl (C=O) groups is 1. The van der Waals surface area contributed by atoms with Crippen LogP contribution >= 0.6 is 15.9 Å². The average Bonchev–Trinajstić information content (AvgIpc) is 2.14. The zero-order chi connectivity index (χ0) is 6.85. The third kappa shape index (κ3) is 1.78. The summed E-state index contributed by atoms with van der Waals surface area (Å²) in [6.07, 6.45) is 3.31. The van der Waals surface area contributed by atoms with Crippen molar-refractivity contribution in [3.05, 3.63) is 0 Å². The van der Waals surface area contributed by atoms with E-state index in [0.717, 1.165) is 12.8 Å². The number of alkyl halides is 1. The van der Waals surface area contributed by atoms with Gasteiger partial charge in [-0.15, -0.1) is 0 Å². The molecule has 9 heavy (non-hydrogen) atoms. The van der Waals surface area contributed by atoms with Gasteiger partial charge in [0.1, 0.15) is 5.78 Å². The lowest BCUT2D eigenvalue weighted by molar-refractivity contribution is -0.120. The van der Waals surface area contributed by atoms with Crippen molar-refractivity contribution in [2.24, 2.45) is 5.92 Å². The first-order valence-corrected chi connectivity index (χ1v) is 4.26. The molecule has 52 valence electrons. The standard InChI is InChI=1S/C7H11BrO/c1-5(9)6-2-3-7(8)4-6/h6-7H,2-4H2,1H3. The maximum absolute atomic E-state index is 10.8. The fourth-order valence-electron chi connectivity index (χ4n) is 1.30. The number of hydrogen-bond acceptors (Lipinski definition) is 1. The topological polar surface area (TPSA) is 17.1 Å². The number of carbonyl (C=O) groups excluding carboxylic acids is 1. The Balaban J connectivity index is 2.39. The first-order chi connectivity index (χ1) is 4.20. The van der Waals surface area contributed by atoms with E-state index in [2.05, 4.69) is 15.9 Å². The second-order valence-electron chi connectivity index (χ2n) is 2.72. The van der Waals surface area contributed by atoms with Gasteiger partial charge in [0, 0.05) is 10.7 Å². The Morgan fingerprint density at radius 3 is 2.44 bits per heavy atom. The molecule has 0 spiro atoms. The monoisotopic (exact) mass is 190 g/mol. The Kier molecular flexibility index (Phi) is 2.28. The number of halogens is 1. The molecule has 0 saturated heterocycles. The van der Waals surface area contributed by atoms with Crippen LogP contribution in [0, 0.1) is 5.92 Å². The Morgan fingerprint density at radius 2 is 2.22 bits per heavy atom.